The summed E-state index contributed by atoms with van der Waals surface area (Å²) in [4.78, 5) is 2.18. The summed E-state index contributed by atoms with van der Waals surface area (Å²) < 4.78 is 0. The highest BCUT2D eigenvalue weighted by molar-refractivity contribution is 5.27. The Bertz CT molecular complexity index is 323. The van der Waals surface area contributed by atoms with Gasteiger partial charge in [0.2, 0.25) is 0 Å². The molecule has 0 aliphatic rings. The van der Waals surface area contributed by atoms with E-state index < -0.39 is 0 Å². The average Bonchev–Trinajstić information content (AvgIpc) is 2.15. The van der Waals surface area contributed by atoms with Crippen LogP contribution >= 0.6 is 0 Å². The molecule has 0 heterocycles. The minimum Gasteiger partial charge on any atom is -0.508 e. The molecule has 1 aromatic rings. The monoisotopic (exact) mass is 223 g/mol. The van der Waals surface area contributed by atoms with Crippen LogP contribution in [0.3, 0.4) is 0 Å². The molecule has 0 aliphatic carbocycles. The molecule has 0 saturated heterocycles. The van der Waals surface area contributed by atoms with Crippen LogP contribution < -0.4 is 0 Å². The number of nitrogens with zero attached hydrogens (tertiary/aromatic N) is 1. The molecular weight excluding hydrogens is 202 g/mol. The number of hydrogen-bond acceptors (Lipinski definition) is 3. The predicted molar refractivity (Wildman–Crippen MR) is 65.3 cm³/mol. The van der Waals surface area contributed by atoms with Gasteiger partial charge in [0.05, 0.1) is 6.10 Å². The number of hydrogen-bond donors (Lipinski definition) is 2. The molecule has 3 nitrogen and oxygen atoms in total. The number of aliphatic hydroxyl groups is 1. The second-order valence-electron chi connectivity index (χ2n) is 4.54. The molecule has 1 atom stereocenters. The largest absolute Gasteiger partial charge is 0.508 e. The average molecular weight is 223 g/mol. The van der Waals surface area contributed by atoms with E-state index in [1.54, 1.807) is 19.1 Å². The van der Waals surface area contributed by atoms with E-state index in [9.17, 15) is 10.2 Å². The van der Waals surface area contributed by atoms with Crippen LogP contribution in [0.1, 0.15) is 26.3 Å². The first-order valence-electron chi connectivity index (χ1n) is 5.69. The van der Waals surface area contributed by atoms with Gasteiger partial charge in [-0.05, 0) is 38.5 Å². The fourth-order valence-corrected chi connectivity index (χ4v) is 1.69. The molecule has 2 N–H and O–H groups in total. The molecule has 0 fully saturated rings. The number of aromatic hydroxyl groups is 1. The van der Waals surface area contributed by atoms with Crippen molar-refractivity contribution in [2.45, 2.75) is 39.5 Å². The van der Waals surface area contributed by atoms with Crippen molar-refractivity contribution in [1.82, 2.24) is 4.90 Å². The zero-order valence-electron chi connectivity index (χ0n) is 10.2. The van der Waals surface area contributed by atoms with E-state index in [1.807, 2.05) is 12.1 Å². The minimum atomic E-state index is -0.334. The van der Waals surface area contributed by atoms with Crippen LogP contribution in [-0.4, -0.2) is 33.8 Å². The molecule has 0 saturated carbocycles. The molecule has 3 heteroatoms. The predicted octanol–water partition coefficient (Wildman–Crippen LogP) is 1.98. The maximum absolute atomic E-state index is 9.41. The molecule has 0 amide bonds. The maximum atomic E-state index is 9.41. The summed E-state index contributed by atoms with van der Waals surface area (Å²) >= 11 is 0. The van der Waals surface area contributed by atoms with Gasteiger partial charge >= 0.3 is 0 Å². The van der Waals surface area contributed by atoms with Crippen molar-refractivity contribution in [2.75, 3.05) is 6.54 Å². The number of benzene rings is 1. The Labute approximate surface area is 97.3 Å². The van der Waals surface area contributed by atoms with Gasteiger partial charge in [-0.1, -0.05) is 12.1 Å². The Balaban J connectivity index is 2.68. The van der Waals surface area contributed by atoms with Crippen molar-refractivity contribution in [1.29, 1.82) is 0 Å². The molecule has 16 heavy (non-hydrogen) atoms. The van der Waals surface area contributed by atoms with Gasteiger partial charge in [0.1, 0.15) is 5.75 Å². The Morgan fingerprint density at radius 3 is 2.44 bits per heavy atom. The lowest BCUT2D eigenvalue weighted by molar-refractivity contribution is 0.103. The Morgan fingerprint density at radius 2 is 1.94 bits per heavy atom. The van der Waals surface area contributed by atoms with E-state index in [4.69, 9.17) is 0 Å². The van der Waals surface area contributed by atoms with Crippen molar-refractivity contribution >= 4 is 0 Å². The fraction of sp³-hybridized carbons (Fsp3) is 0.538. The van der Waals surface area contributed by atoms with E-state index in [0.717, 1.165) is 12.1 Å². The van der Waals surface area contributed by atoms with Crippen molar-refractivity contribution in [3.8, 4) is 5.75 Å². The van der Waals surface area contributed by atoms with Crippen LogP contribution in [0, 0.1) is 0 Å². The number of aliphatic hydroxyl groups excluding tert-OH is 1. The van der Waals surface area contributed by atoms with Gasteiger partial charge in [0, 0.05) is 19.1 Å². The molecule has 90 valence electrons. The smallest absolute Gasteiger partial charge is 0.115 e. The standard InChI is InChI=1S/C13H21NO2/c1-10(2)14(8-11(3)15)9-12-5-4-6-13(16)7-12/h4-7,10-11,15-16H,8-9H2,1-3H3. The number of rotatable bonds is 5. The summed E-state index contributed by atoms with van der Waals surface area (Å²) in [5.74, 6) is 0.290. The lowest BCUT2D eigenvalue weighted by Gasteiger charge is -2.27. The maximum Gasteiger partial charge on any atom is 0.115 e. The highest BCUT2D eigenvalue weighted by atomic mass is 16.3. The third kappa shape index (κ3) is 4.21. The quantitative estimate of drug-likeness (QED) is 0.802. The first kappa shape index (κ1) is 13.0. The van der Waals surface area contributed by atoms with Gasteiger partial charge in [-0.25, -0.2) is 0 Å². The Hall–Kier alpha value is -1.06. The van der Waals surface area contributed by atoms with Gasteiger partial charge in [0.15, 0.2) is 0 Å². The third-order valence-corrected chi connectivity index (χ3v) is 2.53. The van der Waals surface area contributed by atoms with Crippen molar-refractivity contribution in [3.05, 3.63) is 29.8 Å². The van der Waals surface area contributed by atoms with E-state index in [0.29, 0.717) is 18.3 Å². The van der Waals surface area contributed by atoms with Gasteiger partial charge in [0.25, 0.3) is 0 Å². The Morgan fingerprint density at radius 1 is 1.25 bits per heavy atom. The number of phenolic OH excluding ortho intramolecular Hbond substituents is 1. The minimum absolute atomic E-state index is 0.290. The molecule has 0 radical (unpaired) electrons. The fourth-order valence-electron chi connectivity index (χ4n) is 1.69. The Kier molecular flexibility index (Phi) is 4.77. The van der Waals surface area contributed by atoms with Crippen LogP contribution in [0.4, 0.5) is 0 Å². The molecule has 0 spiro atoms. The molecular formula is C13H21NO2. The lowest BCUT2D eigenvalue weighted by Crippen LogP contribution is -2.36. The van der Waals surface area contributed by atoms with E-state index >= 15 is 0 Å². The SMILES string of the molecule is CC(O)CN(Cc1cccc(O)c1)C(C)C. The molecule has 1 rings (SSSR count). The zero-order chi connectivity index (χ0) is 12.1. The molecule has 1 aromatic carbocycles. The van der Waals surface area contributed by atoms with Crippen LogP contribution in [-0.2, 0) is 6.54 Å². The first-order valence-corrected chi connectivity index (χ1v) is 5.69. The molecule has 1 unspecified atom stereocenters. The van der Waals surface area contributed by atoms with Gasteiger partial charge in [-0.2, -0.15) is 0 Å². The molecule has 0 aromatic heterocycles. The summed E-state index contributed by atoms with van der Waals surface area (Å²) in [6, 6.07) is 7.62. The van der Waals surface area contributed by atoms with Crippen molar-refractivity contribution in [3.63, 3.8) is 0 Å². The van der Waals surface area contributed by atoms with Gasteiger partial charge < -0.3 is 10.2 Å². The van der Waals surface area contributed by atoms with Crippen LogP contribution in [0.5, 0.6) is 5.75 Å². The van der Waals surface area contributed by atoms with Crippen LogP contribution in [0.25, 0.3) is 0 Å². The third-order valence-electron chi connectivity index (χ3n) is 2.53. The first-order chi connectivity index (χ1) is 7.49. The summed E-state index contributed by atoms with van der Waals surface area (Å²) in [7, 11) is 0. The van der Waals surface area contributed by atoms with E-state index in [1.165, 1.54) is 0 Å². The van der Waals surface area contributed by atoms with Gasteiger partial charge in [-0.15, -0.1) is 0 Å². The molecule has 0 aliphatic heterocycles. The van der Waals surface area contributed by atoms with E-state index in [-0.39, 0.29) is 6.10 Å². The van der Waals surface area contributed by atoms with Crippen LogP contribution in [0.2, 0.25) is 0 Å². The van der Waals surface area contributed by atoms with E-state index in [2.05, 4.69) is 18.7 Å². The zero-order valence-corrected chi connectivity index (χ0v) is 10.2. The summed E-state index contributed by atoms with van der Waals surface area (Å²) in [5, 5.41) is 18.8. The summed E-state index contributed by atoms with van der Waals surface area (Å²) in [6.45, 7) is 7.39. The topological polar surface area (TPSA) is 43.7 Å². The molecule has 0 bridgehead atoms. The van der Waals surface area contributed by atoms with Gasteiger partial charge in [-0.3, -0.25) is 4.90 Å². The lowest BCUT2D eigenvalue weighted by atomic mass is 10.1. The summed E-state index contributed by atoms with van der Waals surface area (Å²) in [5.41, 5.74) is 1.06. The highest BCUT2D eigenvalue weighted by Gasteiger charge is 2.12. The number of phenols is 1. The summed E-state index contributed by atoms with van der Waals surface area (Å²) in [6.07, 6.45) is -0.334. The second kappa shape index (κ2) is 5.87. The van der Waals surface area contributed by atoms with Crippen molar-refractivity contribution in [2.24, 2.45) is 0 Å². The van der Waals surface area contributed by atoms with Crippen LogP contribution in [0.15, 0.2) is 24.3 Å². The van der Waals surface area contributed by atoms with Crippen molar-refractivity contribution < 1.29 is 10.2 Å². The highest BCUT2D eigenvalue weighted by Crippen LogP contribution is 2.14. The normalized spacial score (nSPS) is 13.4. The second-order valence-corrected chi connectivity index (χ2v) is 4.54.